The van der Waals surface area contributed by atoms with Gasteiger partial charge >= 0.3 is 0 Å². The molecule has 2 aromatic heterocycles. The highest BCUT2D eigenvalue weighted by atomic mass is 35.5. The van der Waals surface area contributed by atoms with Gasteiger partial charge in [-0.15, -0.1) is 0 Å². The molecule has 0 atom stereocenters. The van der Waals surface area contributed by atoms with Crippen molar-refractivity contribution in [3.05, 3.63) is 28.8 Å². The zero-order valence-electron chi connectivity index (χ0n) is 10.7. The average Bonchev–Trinajstić information content (AvgIpc) is 2.76. The number of nitrogens with zero attached hydrogens (tertiary/aromatic N) is 4. The number of rotatable bonds is 5. The largest absolute Gasteiger partial charge is 0.374 e. The van der Waals surface area contributed by atoms with E-state index < -0.39 is 0 Å². The Labute approximate surface area is 115 Å². The summed E-state index contributed by atoms with van der Waals surface area (Å²) in [5.74, 6) is 6.98. The maximum Gasteiger partial charge on any atom is 0.159 e. The molecule has 102 valence electrons. The number of aryl methyl sites for hydroxylation is 1. The monoisotopic (exact) mass is 282 g/mol. The van der Waals surface area contributed by atoms with Gasteiger partial charge in [-0.2, -0.15) is 5.10 Å². The molecule has 0 aliphatic rings. The van der Waals surface area contributed by atoms with Gasteiger partial charge in [-0.25, -0.2) is 20.5 Å². The maximum absolute atomic E-state index is 5.98. The summed E-state index contributed by atoms with van der Waals surface area (Å²) >= 11 is 5.98. The molecule has 8 heteroatoms. The third-order valence-corrected chi connectivity index (χ3v) is 2.79. The number of halogens is 1. The van der Waals surface area contributed by atoms with Gasteiger partial charge in [-0.05, 0) is 13.8 Å². The first-order valence-electron chi connectivity index (χ1n) is 5.78. The summed E-state index contributed by atoms with van der Waals surface area (Å²) in [7, 11) is 0. The molecule has 0 unspecified atom stereocenters. The van der Waals surface area contributed by atoms with E-state index in [4.69, 9.17) is 22.2 Å². The highest BCUT2D eigenvalue weighted by molar-refractivity contribution is 6.31. The quantitative estimate of drug-likeness (QED) is 0.637. The fraction of sp³-hybridized carbons (Fsp3) is 0.364. The Kier molecular flexibility index (Phi) is 4.31. The maximum atomic E-state index is 5.98. The summed E-state index contributed by atoms with van der Waals surface area (Å²) in [6.45, 7) is 4.63. The second kappa shape index (κ2) is 5.96. The molecule has 0 saturated carbocycles. The van der Waals surface area contributed by atoms with Crippen LogP contribution in [0.3, 0.4) is 0 Å². The summed E-state index contributed by atoms with van der Waals surface area (Å²) in [5.41, 5.74) is 3.23. The predicted molar refractivity (Wildman–Crippen MR) is 72.0 cm³/mol. The summed E-state index contributed by atoms with van der Waals surface area (Å²) in [5, 5.41) is 4.84. The first-order chi connectivity index (χ1) is 9.13. The van der Waals surface area contributed by atoms with Gasteiger partial charge in [0.15, 0.2) is 11.6 Å². The van der Waals surface area contributed by atoms with Gasteiger partial charge in [-0.3, -0.25) is 0 Å². The molecule has 0 saturated heterocycles. The molecule has 0 aliphatic carbocycles. The van der Waals surface area contributed by atoms with E-state index in [1.54, 1.807) is 16.9 Å². The number of nitrogens with two attached hydrogens (primary N) is 1. The van der Waals surface area contributed by atoms with Crippen molar-refractivity contribution in [3.63, 3.8) is 0 Å². The average molecular weight is 283 g/mol. The van der Waals surface area contributed by atoms with Crippen LogP contribution in [0.25, 0.3) is 5.82 Å². The van der Waals surface area contributed by atoms with Gasteiger partial charge in [0.25, 0.3) is 0 Å². The number of nitrogens with one attached hydrogen (secondary N) is 1. The minimum Gasteiger partial charge on any atom is -0.374 e. The molecule has 19 heavy (non-hydrogen) atoms. The third-order valence-electron chi connectivity index (χ3n) is 2.42. The molecular weight excluding hydrogens is 268 g/mol. The second-order valence-corrected chi connectivity index (χ2v) is 4.22. The minimum absolute atomic E-state index is 0.313. The summed E-state index contributed by atoms with van der Waals surface area (Å²) in [6.07, 6.45) is 1.68. The summed E-state index contributed by atoms with van der Waals surface area (Å²) in [6, 6.07) is 1.68. The molecule has 0 spiro atoms. The molecule has 2 heterocycles. The van der Waals surface area contributed by atoms with Crippen molar-refractivity contribution in [2.24, 2.45) is 5.84 Å². The minimum atomic E-state index is 0.313. The lowest BCUT2D eigenvalue weighted by molar-refractivity contribution is 0.128. The van der Waals surface area contributed by atoms with Crippen LogP contribution in [0.4, 0.5) is 5.82 Å². The van der Waals surface area contributed by atoms with Crippen LogP contribution >= 0.6 is 11.6 Å². The molecule has 0 amide bonds. The smallest absolute Gasteiger partial charge is 0.159 e. The highest BCUT2D eigenvalue weighted by Gasteiger charge is 2.09. The number of nitrogen functional groups attached to an aromatic ring is 1. The van der Waals surface area contributed by atoms with Gasteiger partial charge in [0, 0.05) is 12.7 Å². The summed E-state index contributed by atoms with van der Waals surface area (Å²) < 4.78 is 6.87. The van der Waals surface area contributed by atoms with E-state index in [0.717, 1.165) is 5.69 Å². The van der Waals surface area contributed by atoms with E-state index in [0.29, 0.717) is 35.7 Å². The highest BCUT2D eigenvalue weighted by Crippen LogP contribution is 2.17. The fourth-order valence-corrected chi connectivity index (χ4v) is 1.62. The van der Waals surface area contributed by atoms with E-state index in [-0.39, 0.29) is 0 Å². The SMILES string of the molecule is CCOCc1nc(NN)cc(-n2cc(Cl)c(C)n2)n1. The molecule has 7 nitrogen and oxygen atoms in total. The molecule has 3 N–H and O–H groups in total. The van der Waals surface area contributed by atoms with Crippen molar-refractivity contribution in [2.75, 3.05) is 12.0 Å². The van der Waals surface area contributed by atoms with Crippen LogP contribution < -0.4 is 11.3 Å². The lowest BCUT2D eigenvalue weighted by Crippen LogP contribution is -2.13. The summed E-state index contributed by atoms with van der Waals surface area (Å²) in [4.78, 5) is 8.55. The van der Waals surface area contributed by atoms with E-state index in [2.05, 4.69) is 20.5 Å². The van der Waals surface area contributed by atoms with Crippen molar-refractivity contribution < 1.29 is 4.74 Å². The normalized spacial score (nSPS) is 10.7. The van der Waals surface area contributed by atoms with Crippen molar-refractivity contribution >= 4 is 17.4 Å². The number of hydrogen-bond acceptors (Lipinski definition) is 6. The van der Waals surface area contributed by atoms with Crippen LogP contribution in [0, 0.1) is 6.92 Å². The molecule has 0 bridgehead atoms. The Bertz CT molecular complexity index is 551. The van der Waals surface area contributed by atoms with Crippen LogP contribution in [-0.2, 0) is 11.3 Å². The Balaban J connectivity index is 2.38. The Hall–Kier alpha value is -1.70. The van der Waals surface area contributed by atoms with Crippen LogP contribution in [0.1, 0.15) is 18.4 Å². The van der Waals surface area contributed by atoms with Gasteiger partial charge < -0.3 is 10.2 Å². The molecular formula is C11H15ClN6O. The molecule has 0 fully saturated rings. The zero-order chi connectivity index (χ0) is 13.8. The van der Waals surface area contributed by atoms with Crippen molar-refractivity contribution in [1.29, 1.82) is 0 Å². The number of anilines is 1. The molecule has 0 radical (unpaired) electrons. The van der Waals surface area contributed by atoms with Crippen LogP contribution in [0.5, 0.6) is 0 Å². The van der Waals surface area contributed by atoms with Gasteiger partial charge in [0.05, 0.1) is 16.9 Å². The number of hydrogen-bond donors (Lipinski definition) is 2. The predicted octanol–water partition coefficient (Wildman–Crippen LogP) is 1.45. The van der Waals surface area contributed by atoms with E-state index >= 15 is 0 Å². The number of aromatic nitrogens is 4. The number of hydrazine groups is 1. The zero-order valence-corrected chi connectivity index (χ0v) is 11.5. The van der Waals surface area contributed by atoms with Crippen molar-refractivity contribution in [2.45, 2.75) is 20.5 Å². The van der Waals surface area contributed by atoms with Crippen LogP contribution in [-0.4, -0.2) is 26.4 Å². The topological polar surface area (TPSA) is 90.9 Å². The van der Waals surface area contributed by atoms with Gasteiger partial charge in [-0.1, -0.05) is 11.6 Å². The lowest BCUT2D eigenvalue weighted by Gasteiger charge is -2.07. The van der Waals surface area contributed by atoms with Crippen molar-refractivity contribution in [3.8, 4) is 5.82 Å². The van der Waals surface area contributed by atoms with Gasteiger partial charge in [0.2, 0.25) is 0 Å². The Morgan fingerprint density at radius 3 is 2.84 bits per heavy atom. The van der Waals surface area contributed by atoms with Crippen LogP contribution in [0.15, 0.2) is 12.3 Å². The molecule has 0 aromatic carbocycles. The first kappa shape index (κ1) is 13.7. The fourth-order valence-electron chi connectivity index (χ4n) is 1.49. The second-order valence-electron chi connectivity index (χ2n) is 3.82. The Morgan fingerprint density at radius 1 is 1.47 bits per heavy atom. The van der Waals surface area contributed by atoms with E-state index in [1.165, 1.54) is 0 Å². The van der Waals surface area contributed by atoms with E-state index in [1.807, 2.05) is 13.8 Å². The third kappa shape index (κ3) is 3.19. The van der Waals surface area contributed by atoms with Crippen molar-refractivity contribution in [1.82, 2.24) is 19.7 Å². The molecule has 2 rings (SSSR count). The Morgan fingerprint density at radius 2 is 2.26 bits per heavy atom. The molecule has 2 aromatic rings. The van der Waals surface area contributed by atoms with Crippen LogP contribution in [0.2, 0.25) is 5.02 Å². The number of ether oxygens (including phenoxy) is 1. The standard InChI is InChI=1S/C11H15ClN6O/c1-3-19-6-10-14-9(16-13)4-11(15-10)18-5-8(12)7(2)17-18/h4-5H,3,6,13H2,1-2H3,(H,14,15,16). The lowest BCUT2D eigenvalue weighted by atomic mass is 10.5. The van der Waals surface area contributed by atoms with E-state index in [9.17, 15) is 0 Å². The molecule has 0 aliphatic heterocycles. The van der Waals surface area contributed by atoms with Gasteiger partial charge in [0.1, 0.15) is 12.4 Å². The first-order valence-corrected chi connectivity index (χ1v) is 6.16.